The molecule has 0 radical (unpaired) electrons. The monoisotopic (exact) mass is 312 g/mol. The zero-order chi connectivity index (χ0) is 15.2. The van der Waals surface area contributed by atoms with Crippen molar-refractivity contribution in [2.24, 2.45) is 0 Å². The van der Waals surface area contributed by atoms with E-state index in [2.05, 4.69) is 24.1 Å². The molecular formula is C16H25FN2OS. The summed E-state index contributed by atoms with van der Waals surface area (Å²) in [4.78, 5) is 2.41. The van der Waals surface area contributed by atoms with Gasteiger partial charge in [0.25, 0.3) is 0 Å². The van der Waals surface area contributed by atoms with E-state index in [1.807, 2.05) is 17.8 Å². The number of thioether (sulfide) groups is 1. The summed E-state index contributed by atoms with van der Waals surface area (Å²) in [5, 5.41) is 3.91. The van der Waals surface area contributed by atoms with Crippen LogP contribution in [0.4, 0.5) is 10.1 Å². The number of nitrogens with zero attached hydrogens (tertiary/aromatic N) is 1. The van der Waals surface area contributed by atoms with Crippen LogP contribution in [-0.4, -0.2) is 43.9 Å². The van der Waals surface area contributed by atoms with Crippen LogP contribution < -0.4 is 10.2 Å². The molecule has 1 heterocycles. The van der Waals surface area contributed by atoms with Crippen LogP contribution in [0.25, 0.3) is 0 Å². The molecule has 0 aliphatic carbocycles. The van der Waals surface area contributed by atoms with Gasteiger partial charge in [0.2, 0.25) is 0 Å². The van der Waals surface area contributed by atoms with Crippen molar-refractivity contribution in [3.8, 4) is 0 Å². The van der Waals surface area contributed by atoms with Gasteiger partial charge in [0.15, 0.2) is 0 Å². The molecule has 2 unspecified atom stereocenters. The molecule has 1 saturated heterocycles. The van der Waals surface area contributed by atoms with E-state index in [4.69, 9.17) is 4.74 Å². The Balaban J connectivity index is 2.13. The van der Waals surface area contributed by atoms with E-state index in [1.165, 1.54) is 0 Å². The highest BCUT2D eigenvalue weighted by molar-refractivity contribution is 8.00. The van der Waals surface area contributed by atoms with Gasteiger partial charge in [-0.05, 0) is 30.7 Å². The molecule has 1 aromatic rings. The standard InChI is InChI=1S/C16H25FN2OS/c1-12-13(2)21-9-7-19(12)16-5-4-15(17)10-14(16)11-18-6-8-20-3/h4-5,10,12-13,18H,6-9,11H2,1-3H3. The lowest BCUT2D eigenvalue weighted by Crippen LogP contribution is -2.45. The zero-order valence-corrected chi connectivity index (χ0v) is 13.9. The molecular weight excluding hydrogens is 287 g/mol. The van der Waals surface area contributed by atoms with Crippen LogP contribution in [0.1, 0.15) is 19.4 Å². The largest absolute Gasteiger partial charge is 0.383 e. The van der Waals surface area contributed by atoms with Crippen LogP contribution in [0.15, 0.2) is 18.2 Å². The lowest BCUT2D eigenvalue weighted by Gasteiger charge is -2.40. The molecule has 1 aliphatic rings. The number of nitrogens with one attached hydrogen (secondary N) is 1. The maximum absolute atomic E-state index is 13.6. The van der Waals surface area contributed by atoms with Crippen LogP contribution >= 0.6 is 11.8 Å². The quantitative estimate of drug-likeness (QED) is 0.816. The minimum atomic E-state index is -0.172. The predicted octanol–water partition coefficient (Wildman–Crippen LogP) is 2.89. The molecule has 21 heavy (non-hydrogen) atoms. The zero-order valence-electron chi connectivity index (χ0n) is 13.1. The van der Waals surface area contributed by atoms with Gasteiger partial charge in [-0.3, -0.25) is 0 Å². The molecule has 0 spiro atoms. The molecule has 2 rings (SSSR count). The average molecular weight is 312 g/mol. The number of methoxy groups -OCH3 is 1. The summed E-state index contributed by atoms with van der Waals surface area (Å²) in [6.45, 7) is 7.64. The van der Waals surface area contributed by atoms with E-state index in [0.717, 1.165) is 30.1 Å². The summed E-state index contributed by atoms with van der Waals surface area (Å²) < 4.78 is 18.6. The summed E-state index contributed by atoms with van der Waals surface area (Å²) in [5.41, 5.74) is 2.18. The Morgan fingerprint density at radius 1 is 1.43 bits per heavy atom. The summed E-state index contributed by atoms with van der Waals surface area (Å²) >= 11 is 2.01. The average Bonchev–Trinajstić information content (AvgIpc) is 2.47. The van der Waals surface area contributed by atoms with Gasteiger partial charge in [0.05, 0.1) is 6.61 Å². The van der Waals surface area contributed by atoms with Gasteiger partial charge in [-0.2, -0.15) is 11.8 Å². The second-order valence-electron chi connectivity index (χ2n) is 5.45. The molecule has 1 fully saturated rings. The highest BCUT2D eigenvalue weighted by Crippen LogP contribution is 2.31. The Labute approximate surface area is 131 Å². The van der Waals surface area contributed by atoms with Crippen molar-refractivity contribution in [2.75, 3.05) is 37.5 Å². The van der Waals surface area contributed by atoms with Gasteiger partial charge in [0.1, 0.15) is 5.82 Å². The van der Waals surface area contributed by atoms with Crippen molar-refractivity contribution in [3.05, 3.63) is 29.6 Å². The normalized spacial score (nSPS) is 22.6. The van der Waals surface area contributed by atoms with Gasteiger partial charge in [-0.1, -0.05) is 6.92 Å². The lowest BCUT2D eigenvalue weighted by molar-refractivity contribution is 0.199. The third kappa shape index (κ3) is 4.34. The van der Waals surface area contributed by atoms with E-state index in [9.17, 15) is 4.39 Å². The minimum Gasteiger partial charge on any atom is -0.383 e. The molecule has 1 N–H and O–H groups in total. The first kappa shape index (κ1) is 16.6. The highest BCUT2D eigenvalue weighted by Gasteiger charge is 2.26. The van der Waals surface area contributed by atoms with Crippen LogP contribution in [0.5, 0.6) is 0 Å². The molecule has 1 aliphatic heterocycles. The Kier molecular flexibility index (Phi) is 6.33. The summed E-state index contributed by atoms with van der Waals surface area (Å²) in [5.74, 6) is 0.953. The van der Waals surface area contributed by atoms with Crippen molar-refractivity contribution in [3.63, 3.8) is 0 Å². The molecule has 0 bridgehead atoms. The smallest absolute Gasteiger partial charge is 0.123 e. The fourth-order valence-corrected chi connectivity index (χ4v) is 3.75. The van der Waals surface area contributed by atoms with Crippen molar-refractivity contribution in [1.82, 2.24) is 5.32 Å². The molecule has 0 aromatic heterocycles. The topological polar surface area (TPSA) is 24.5 Å². The van der Waals surface area contributed by atoms with Gasteiger partial charge >= 0.3 is 0 Å². The second kappa shape index (κ2) is 8.01. The SMILES string of the molecule is COCCNCc1cc(F)ccc1N1CCSC(C)C1C. The molecule has 3 nitrogen and oxygen atoms in total. The number of rotatable bonds is 6. The van der Waals surface area contributed by atoms with Gasteiger partial charge in [0, 0.05) is 49.5 Å². The molecule has 5 heteroatoms. The third-order valence-electron chi connectivity index (χ3n) is 4.03. The molecule has 1 aromatic carbocycles. The maximum Gasteiger partial charge on any atom is 0.123 e. The van der Waals surface area contributed by atoms with E-state index < -0.39 is 0 Å². The van der Waals surface area contributed by atoms with Crippen molar-refractivity contribution < 1.29 is 9.13 Å². The Morgan fingerprint density at radius 2 is 2.24 bits per heavy atom. The maximum atomic E-state index is 13.6. The van der Waals surface area contributed by atoms with E-state index in [0.29, 0.717) is 24.4 Å². The predicted molar refractivity (Wildman–Crippen MR) is 88.7 cm³/mol. The fraction of sp³-hybridized carbons (Fsp3) is 0.625. The van der Waals surface area contributed by atoms with E-state index in [-0.39, 0.29) is 5.82 Å². The van der Waals surface area contributed by atoms with Gasteiger partial charge < -0.3 is 15.0 Å². The van der Waals surface area contributed by atoms with E-state index in [1.54, 1.807) is 19.2 Å². The van der Waals surface area contributed by atoms with Crippen LogP contribution in [-0.2, 0) is 11.3 Å². The number of ether oxygens (including phenoxy) is 1. The molecule has 118 valence electrons. The second-order valence-corrected chi connectivity index (χ2v) is 6.94. The number of halogens is 1. The number of hydrogen-bond acceptors (Lipinski definition) is 4. The van der Waals surface area contributed by atoms with Gasteiger partial charge in [-0.25, -0.2) is 4.39 Å². The lowest BCUT2D eigenvalue weighted by atomic mass is 10.1. The summed E-state index contributed by atoms with van der Waals surface area (Å²) in [6.07, 6.45) is 0. The minimum absolute atomic E-state index is 0.172. The fourth-order valence-electron chi connectivity index (χ4n) is 2.65. The van der Waals surface area contributed by atoms with Crippen molar-refractivity contribution in [2.45, 2.75) is 31.7 Å². The van der Waals surface area contributed by atoms with Crippen LogP contribution in [0, 0.1) is 5.82 Å². The Hall–Kier alpha value is -0.780. The Bertz CT molecular complexity index is 458. The van der Waals surface area contributed by atoms with Crippen molar-refractivity contribution in [1.29, 1.82) is 0 Å². The first-order valence-electron chi connectivity index (χ1n) is 7.50. The number of hydrogen-bond donors (Lipinski definition) is 1. The highest BCUT2D eigenvalue weighted by atomic mass is 32.2. The molecule has 2 atom stereocenters. The van der Waals surface area contributed by atoms with E-state index >= 15 is 0 Å². The molecule has 0 amide bonds. The Morgan fingerprint density at radius 3 is 3.00 bits per heavy atom. The van der Waals surface area contributed by atoms with Crippen LogP contribution in [0.2, 0.25) is 0 Å². The third-order valence-corrected chi connectivity index (χ3v) is 5.37. The molecule has 0 saturated carbocycles. The summed E-state index contributed by atoms with van der Waals surface area (Å²) in [6, 6.07) is 5.59. The van der Waals surface area contributed by atoms with Crippen molar-refractivity contribution >= 4 is 17.4 Å². The first-order chi connectivity index (χ1) is 10.1. The number of benzene rings is 1. The summed E-state index contributed by atoms with van der Waals surface area (Å²) in [7, 11) is 1.68. The first-order valence-corrected chi connectivity index (χ1v) is 8.54. The van der Waals surface area contributed by atoms with Gasteiger partial charge in [-0.15, -0.1) is 0 Å². The van der Waals surface area contributed by atoms with Crippen LogP contribution in [0.3, 0.4) is 0 Å². The number of anilines is 1.